The smallest absolute Gasteiger partial charge is 0.136 e. The van der Waals surface area contributed by atoms with Crippen molar-refractivity contribution in [3.63, 3.8) is 0 Å². The fourth-order valence-electron chi connectivity index (χ4n) is 10.1. The molecule has 0 radical (unpaired) electrons. The number of para-hydroxylation sites is 3. The SMILES string of the molecule is c1cc(-c2ccc(N(c3cccc(-n4c5ccccc5c5ccccc54)c3)c3ccccc3-c3ccc4oc5cc6ccccc6cc5c4c3)cc2)cc(-c2cccc3ccccc23)c1. The van der Waals surface area contributed by atoms with Crippen molar-refractivity contribution >= 4 is 82.4 Å². The Balaban J connectivity index is 0.970. The van der Waals surface area contributed by atoms with Crippen molar-refractivity contribution in [3.8, 4) is 39.1 Å². The van der Waals surface area contributed by atoms with E-state index in [9.17, 15) is 0 Å². The van der Waals surface area contributed by atoms with E-state index >= 15 is 0 Å². The first-order valence-electron chi connectivity index (χ1n) is 22.2. The molecule has 65 heavy (non-hydrogen) atoms. The van der Waals surface area contributed by atoms with Gasteiger partial charge in [0, 0.05) is 44.2 Å². The first kappa shape index (κ1) is 36.9. The van der Waals surface area contributed by atoms with E-state index in [1.807, 2.05) is 0 Å². The zero-order valence-corrected chi connectivity index (χ0v) is 35.4. The average molecular weight is 829 g/mol. The van der Waals surface area contributed by atoms with Gasteiger partial charge in [-0.1, -0.05) is 164 Å². The van der Waals surface area contributed by atoms with Crippen LogP contribution in [0, 0.1) is 0 Å². The number of furan rings is 1. The van der Waals surface area contributed by atoms with Gasteiger partial charge in [-0.2, -0.15) is 0 Å². The minimum atomic E-state index is 0.882. The number of hydrogen-bond acceptors (Lipinski definition) is 2. The van der Waals surface area contributed by atoms with Gasteiger partial charge in [0.2, 0.25) is 0 Å². The van der Waals surface area contributed by atoms with Crippen LogP contribution in [-0.2, 0) is 0 Å². The fraction of sp³-hybridized carbons (Fsp3) is 0. The van der Waals surface area contributed by atoms with E-state index in [1.54, 1.807) is 0 Å². The lowest BCUT2D eigenvalue weighted by Gasteiger charge is -2.28. The van der Waals surface area contributed by atoms with Crippen molar-refractivity contribution in [1.82, 2.24) is 4.57 Å². The van der Waals surface area contributed by atoms with Gasteiger partial charge in [0.25, 0.3) is 0 Å². The molecule has 0 atom stereocenters. The molecule has 0 bridgehead atoms. The van der Waals surface area contributed by atoms with Crippen molar-refractivity contribution in [2.24, 2.45) is 0 Å². The Morgan fingerprint density at radius 1 is 0.308 bits per heavy atom. The zero-order valence-electron chi connectivity index (χ0n) is 35.4. The lowest BCUT2D eigenvalue weighted by Crippen LogP contribution is -2.11. The molecule has 13 aromatic rings. The molecule has 3 heteroatoms. The third kappa shape index (κ3) is 6.20. The second kappa shape index (κ2) is 15.0. The van der Waals surface area contributed by atoms with E-state index in [0.717, 1.165) is 61.4 Å². The van der Waals surface area contributed by atoms with E-state index in [1.165, 1.54) is 60.0 Å². The molecule has 0 unspecified atom stereocenters. The first-order chi connectivity index (χ1) is 32.2. The van der Waals surface area contributed by atoms with E-state index in [4.69, 9.17) is 4.42 Å². The molecule has 2 aromatic heterocycles. The molecule has 0 aliphatic carbocycles. The van der Waals surface area contributed by atoms with Crippen molar-refractivity contribution in [2.45, 2.75) is 0 Å². The molecule has 304 valence electrons. The van der Waals surface area contributed by atoms with Gasteiger partial charge >= 0.3 is 0 Å². The van der Waals surface area contributed by atoms with Gasteiger partial charge in [0.15, 0.2) is 0 Å². The highest BCUT2D eigenvalue weighted by Crippen LogP contribution is 2.44. The molecule has 0 fully saturated rings. The number of rotatable bonds is 7. The lowest BCUT2D eigenvalue weighted by molar-refractivity contribution is 0.669. The van der Waals surface area contributed by atoms with Crippen LogP contribution in [0.5, 0.6) is 0 Å². The molecule has 3 nitrogen and oxygen atoms in total. The monoisotopic (exact) mass is 828 g/mol. The van der Waals surface area contributed by atoms with Crippen molar-refractivity contribution in [3.05, 3.63) is 243 Å². The summed E-state index contributed by atoms with van der Waals surface area (Å²) >= 11 is 0. The van der Waals surface area contributed by atoms with Gasteiger partial charge in [0.1, 0.15) is 11.2 Å². The first-order valence-corrected chi connectivity index (χ1v) is 22.2. The summed E-state index contributed by atoms with van der Waals surface area (Å²) in [7, 11) is 0. The molecular formula is C62H40N2O. The minimum Gasteiger partial charge on any atom is -0.456 e. The molecule has 11 aromatic carbocycles. The Morgan fingerprint density at radius 3 is 1.71 bits per heavy atom. The number of nitrogens with zero attached hydrogens (tertiary/aromatic N) is 2. The van der Waals surface area contributed by atoms with Crippen LogP contribution in [-0.4, -0.2) is 4.57 Å². The molecule has 0 aliphatic rings. The van der Waals surface area contributed by atoms with E-state index < -0.39 is 0 Å². The largest absolute Gasteiger partial charge is 0.456 e. The van der Waals surface area contributed by atoms with Gasteiger partial charge in [-0.25, -0.2) is 0 Å². The Morgan fingerprint density at radius 2 is 0.892 bits per heavy atom. The average Bonchev–Trinajstić information content (AvgIpc) is 3.91. The summed E-state index contributed by atoms with van der Waals surface area (Å²) in [5.41, 5.74) is 15.5. The maximum atomic E-state index is 6.46. The van der Waals surface area contributed by atoms with Crippen LogP contribution in [0.4, 0.5) is 17.1 Å². The topological polar surface area (TPSA) is 21.3 Å². The summed E-state index contributed by atoms with van der Waals surface area (Å²) in [6.45, 7) is 0. The van der Waals surface area contributed by atoms with E-state index in [-0.39, 0.29) is 0 Å². The van der Waals surface area contributed by atoms with Crippen LogP contribution in [0.2, 0.25) is 0 Å². The third-order valence-corrected chi connectivity index (χ3v) is 13.1. The van der Waals surface area contributed by atoms with Crippen LogP contribution in [0.15, 0.2) is 247 Å². The summed E-state index contributed by atoms with van der Waals surface area (Å²) in [4.78, 5) is 2.41. The molecule has 0 N–H and O–H groups in total. The summed E-state index contributed by atoms with van der Waals surface area (Å²) in [5, 5.41) is 9.58. The van der Waals surface area contributed by atoms with Crippen molar-refractivity contribution in [2.75, 3.05) is 4.90 Å². The van der Waals surface area contributed by atoms with Crippen molar-refractivity contribution in [1.29, 1.82) is 0 Å². The normalized spacial score (nSPS) is 11.7. The quantitative estimate of drug-likeness (QED) is 0.160. The van der Waals surface area contributed by atoms with E-state index in [2.05, 4.69) is 252 Å². The van der Waals surface area contributed by atoms with Gasteiger partial charge in [0.05, 0.1) is 16.7 Å². The van der Waals surface area contributed by atoms with E-state index in [0.29, 0.717) is 0 Å². The van der Waals surface area contributed by atoms with Gasteiger partial charge in [-0.05, 0) is 128 Å². The second-order valence-corrected chi connectivity index (χ2v) is 16.9. The summed E-state index contributed by atoms with van der Waals surface area (Å²) < 4.78 is 8.86. The fourth-order valence-corrected chi connectivity index (χ4v) is 10.1. The molecule has 0 spiro atoms. The Labute approximate surface area is 376 Å². The standard InChI is InChI=1S/C62H40N2O/c1-2-16-45-39-62-57(37-44(45)15-1)56-38-47(32-35-61(56)65-62)53-23-5-8-27-58(53)63(49-20-13-21-50(40-49)64-59-28-9-6-24-54(59)55-25-7-10-29-60(55)64)48-33-30-41(31-34-48)43-18-11-19-46(36-43)52-26-12-17-42-14-3-4-22-51(42)52/h1-40H. The molecule has 0 aliphatic heterocycles. The maximum absolute atomic E-state index is 6.46. The number of anilines is 3. The number of benzene rings is 11. The molecular weight excluding hydrogens is 789 g/mol. The lowest BCUT2D eigenvalue weighted by atomic mass is 9.95. The maximum Gasteiger partial charge on any atom is 0.136 e. The Hall–Kier alpha value is -8.66. The molecule has 0 amide bonds. The highest BCUT2D eigenvalue weighted by Gasteiger charge is 2.20. The van der Waals surface area contributed by atoms with Crippen LogP contribution in [0.25, 0.3) is 104 Å². The summed E-state index contributed by atoms with van der Waals surface area (Å²) in [5.74, 6) is 0. The number of hydrogen-bond donors (Lipinski definition) is 0. The molecule has 13 rings (SSSR count). The Kier molecular flexibility index (Phi) is 8.53. The summed E-state index contributed by atoms with van der Waals surface area (Å²) in [6.07, 6.45) is 0. The predicted molar refractivity (Wildman–Crippen MR) is 274 cm³/mol. The third-order valence-electron chi connectivity index (χ3n) is 13.1. The van der Waals surface area contributed by atoms with Crippen LogP contribution in [0.3, 0.4) is 0 Å². The number of fused-ring (bicyclic) bond motifs is 8. The van der Waals surface area contributed by atoms with Crippen LogP contribution in [0.1, 0.15) is 0 Å². The van der Waals surface area contributed by atoms with Crippen LogP contribution < -0.4 is 4.90 Å². The highest BCUT2D eigenvalue weighted by molar-refractivity contribution is 6.12. The van der Waals surface area contributed by atoms with Crippen LogP contribution >= 0.6 is 0 Å². The van der Waals surface area contributed by atoms with Gasteiger partial charge in [-0.3, -0.25) is 0 Å². The Bertz CT molecular complexity index is 3910. The van der Waals surface area contributed by atoms with Gasteiger partial charge < -0.3 is 13.9 Å². The minimum absolute atomic E-state index is 0.882. The molecule has 0 saturated heterocycles. The summed E-state index contributed by atoms with van der Waals surface area (Å²) in [6, 6.07) is 87.8. The predicted octanol–water partition coefficient (Wildman–Crippen LogP) is 17.5. The second-order valence-electron chi connectivity index (χ2n) is 16.9. The highest BCUT2D eigenvalue weighted by atomic mass is 16.3. The molecule has 0 saturated carbocycles. The van der Waals surface area contributed by atoms with Gasteiger partial charge in [-0.15, -0.1) is 0 Å². The van der Waals surface area contributed by atoms with Crippen molar-refractivity contribution < 1.29 is 4.42 Å². The number of aromatic nitrogens is 1. The zero-order chi connectivity index (χ0) is 42.8. The molecule has 2 heterocycles.